The van der Waals surface area contributed by atoms with Gasteiger partial charge in [-0.15, -0.1) is 0 Å². The van der Waals surface area contributed by atoms with Gasteiger partial charge in [0.2, 0.25) is 0 Å². The number of aliphatic hydroxyl groups is 4. The maximum atomic E-state index is 8.53. The van der Waals surface area contributed by atoms with E-state index in [1.165, 1.54) is 103 Å². The second-order valence-electron chi connectivity index (χ2n) is 36.2. The van der Waals surface area contributed by atoms with Crippen molar-refractivity contribution in [1.29, 1.82) is 0 Å². The molecule has 5 fully saturated rings. The summed E-state index contributed by atoms with van der Waals surface area (Å²) in [6.07, 6.45) is 45.5. The molecule has 0 aromatic carbocycles. The summed E-state index contributed by atoms with van der Waals surface area (Å²) in [7, 11) is 7.88. The SMILES string of the molecule is CCCNCCN.CN(CCN)CCN.CNCCCN.CNCCCNC.NC1CCC(N)CC1.NC1CCCC(N)C1.NC1CCCCC1N.NCCCCCNCCCCCO.NCCCCCNCCN.NCCCCCO.NCCCN.NCCCNCCN.NCCN.NCCN(CCN)CCN.NCCOCCOCCN.N[C@@H]1CCCC[C@@H]1N.N[C@@H]1CCCC[C@H]1N.OCCCCCNCCO. The molecular formula is C100H265N39O6. The van der Waals surface area contributed by atoms with Crippen LogP contribution in [0.1, 0.15) is 264 Å². The number of rotatable bonds is 64. The zero-order valence-corrected chi connectivity index (χ0v) is 95.1. The molecule has 5 saturated carbocycles. The molecule has 0 saturated heterocycles. The van der Waals surface area contributed by atoms with E-state index in [0.717, 1.165) is 337 Å². The van der Waals surface area contributed by atoms with Crippen molar-refractivity contribution in [2.45, 2.75) is 324 Å². The largest absolute Gasteiger partial charge is 0.396 e. The van der Waals surface area contributed by atoms with Crippen molar-refractivity contribution >= 4 is 0 Å². The second-order valence-corrected chi connectivity index (χ2v) is 36.2. The normalized spacial score (nSPS) is 18.1. The van der Waals surface area contributed by atoms with Crippen LogP contribution in [0.3, 0.4) is 0 Å². The molecule has 45 heteroatoms. The molecule has 0 aromatic heterocycles. The highest BCUT2D eigenvalue weighted by atomic mass is 16.5. The average Bonchev–Trinajstić information content (AvgIpc) is 0.939. The van der Waals surface area contributed by atoms with Gasteiger partial charge in [-0.1, -0.05) is 64.7 Å². The van der Waals surface area contributed by atoms with E-state index in [0.29, 0.717) is 129 Å². The van der Waals surface area contributed by atoms with E-state index in [1.54, 1.807) is 0 Å². The Morgan fingerprint density at radius 2 is 0.483 bits per heavy atom. The number of aliphatic hydroxyl groups excluding tert-OH is 4. The molecule has 8 atom stereocenters. The first kappa shape index (κ1) is 171. The highest BCUT2D eigenvalue weighted by Crippen LogP contribution is 2.18. The predicted molar refractivity (Wildman–Crippen MR) is 632 cm³/mol. The van der Waals surface area contributed by atoms with Crippen LogP contribution in [0.2, 0.25) is 0 Å². The van der Waals surface area contributed by atoms with Gasteiger partial charge in [-0.25, -0.2) is 0 Å². The number of likely N-dealkylation sites (N-methyl/N-ethyl adjacent to an activating group) is 1. The summed E-state index contributed by atoms with van der Waals surface area (Å²) in [5.41, 5.74) is 155. The van der Waals surface area contributed by atoms with Crippen LogP contribution in [0.5, 0.6) is 0 Å². The summed E-state index contributed by atoms with van der Waals surface area (Å²) in [5, 5.41) is 58.6. The number of nitrogens with zero attached hydrogens (tertiary/aromatic N) is 2. The van der Waals surface area contributed by atoms with E-state index >= 15 is 0 Å². The van der Waals surface area contributed by atoms with Crippen LogP contribution < -0.4 is 209 Å². The van der Waals surface area contributed by atoms with E-state index in [-0.39, 0.29) is 42.9 Å². The van der Waals surface area contributed by atoms with Crippen molar-refractivity contribution in [3.8, 4) is 0 Å². The quantitative estimate of drug-likeness (QED) is 0.0252. The van der Waals surface area contributed by atoms with Gasteiger partial charge in [-0.05, 0) is 332 Å². The summed E-state index contributed by atoms with van der Waals surface area (Å²) >= 11 is 0. The lowest BCUT2D eigenvalue weighted by atomic mass is 9.92. The van der Waals surface area contributed by atoms with Crippen molar-refractivity contribution in [2.24, 2.45) is 166 Å². The average molecular weight is 2110 g/mol. The Balaban J connectivity index is -0.000000116. The molecule has 0 radical (unpaired) electrons. The van der Waals surface area contributed by atoms with Gasteiger partial charge in [0.15, 0.2) is 0 Å². The molecule has 5 rings (SSSR count). The molecule has 4 unspecified atom stereocenters. The van der Waals surface area contributed by atoms with Gasteiger partial charge in [0, 0.05) is 218 Å². The van der Waals surface area contributed by atoms with Crippen LogP contribution in [-0.4, -0.2) is 414 Å². The first-order valence-electron chi connectivity index (χ1n) is 56.6. The van der Waals surface area contributed by atoms with Crippen molar-refractivity contribution in [2.75, 3.05) is 323 Å². The Morgan fingerprint density at radius 1 is 0.221 bits per heavy atom. The topological polar surface area (TPSA) is 957 Å². The fourth-order valence-corrected chi connectivity index (χ4v) is 12.8. The molecule has 0 heterocycles. The zero-order valence-electron chi connectivity index (χ0n) is 95.1. The van der Waals surface area contributed by atoms with E-state index in [1.807, 2.05) is 28.2 Å². The second kappa shape index (κ2) is 170. The molecule has 0 aliphatic heterocycles. The Hall–Kier alpha value is -1.80. The molecule has 70 N–H and O–H groups in total. The Bertz CT molecular complexity index is 1750. The van der Waals surface area contributed by atoms with Gasteiger partial charge < -0.3 is 244 Å². The lowest BCUT2D eigenvalue weighted by Gasteiger charge is -2.24. The minimum absolute atomic E-state index is 0.208. The minimum atomic E-state index is 0.208. The van der Waals surface area contributed by atoms with Gasteiger partial charge in [-0.3, -0.25) is 4.90 Å². The summed E-state index contributed by atoms with van der Waals surface area (Å²) < 4.78 is 10.1. The third-order valence-corrected chi connectivity index (χ3v) is 21.7. The Labute approximate surface area is 891 Å². The maximum absolute atomic E-state index is 8.53. The van der Waals surface area contributed by atoms with Crippen LogP contribution in [0.25, 0.3) is 0 Å². The third kappa shape index (κ3) is 193. The fourth-order valence-electron chi connectivity index (χ4n) is 12.8. The molecule has 45 nitrogen and oxygen atoms in total. The lowest BCUT2D eigenvalue weighted by molar-refractivity contribution is 0.0538. The van der Waals surface area contributed by atoms with Gasteiger partial charge >= 0.3 is 0 Å². The highest BCUT2D eigenvalue weighted by molar-refractivity contribution is 4.82. The molecule has 0 aromatic rings. The highest BCUT2D eigenvalue weighted by Gasteiger charge is 2.20. The molecule has 5 aliphatic carbocycles. The summed E-state index contributed by atoms with van der Waals surface area (Å²) in [5.74, 6) is 0. The van der Waals surface area contributed by atoms with E-state index in [9.17, 15) is 0 Å². The minimum Gasteiger partial charge on any atom is -0.396 e. The molecule has 0 amide bonds. The van der Waals surface area contributed by atoms with Gasteiger partial charge in [0.25, 0.3) is 0 Å². The smallest absolute Gasteiger partial charge is 0.0701 e. The number of unbranched alkanes of at least 4 members (excludes halogenated alkanes) is 10. The van der Waals surface area contributed by atoms with Gasteiger partial charge in [0.05, 0.1) is 33.0 Å². The molecule has 0 bridgehead atoms. The van der Waals surface area contributed by atoms with Crippen LogP contribution in [0.15, 0.2) is 0 Å². The number of ether oxygens (including phenoxy) is 2. The first-order chi connectivity index (χ1) is 70.2. The van der Waals surface area contributed by atoms with E-state index < -0.39 is 0 Å². The van der Waals surface area contributed by atoms with E-state index in [2.05, 4.69) is 59.3 Å². The number of nitrogens with two attached hydrogens (primary N) is 29. The Morgan fingerprint density at radius 3 is 0.703 bits per heavy atom. The first-order valence-corrected chi connectivity index (χ1v) is 56.6. The zero-order chi connectivity index (χ0) is 112. The van der Waals surface area contributed by atoms with Crippen molar-refractivity contribution in [3.63, 3.8) is 0 Å². The summed E-state index contributed by atoms with van der Waals surface area (Å²) in [6, 6.07) is 3.34. The van der Waals surface area contributed by atoms with Gasteiger partial charge in [-0.2, -0.15) is 0 Å². The summed E-state index contributed by atoms with van der Waals surface area (Å²) in [6.45, 7) is 36.7. The molecule has 896 valence electrons. The van der Waals surface area contributed by atoms with Crippen molar-refractivity contribution in [1.82, 2.24) is 52.3 Å². The van der Waals surface area contributed by atoms with Crippen LogP contribution in [0, 0.1) is 0 Å². The lowest BCUT2D eigenvalue weighted by Crippen LogP contribution is -2.43. The Kier molecular flexibility index (Phi) is 200. The predicted octanol–water partition coefficient (Wildman–Crippen LogP) is -6.22. The third-order valence-electron chi connectivity index (χ3n) is 21.7. The van der Waals surface area contributed by atoms with Crippen LogP contribution >= 0.6 is 0 Å². The van der Waals surface area contributed by atoms with Crippen molar-refractivity contribution < 1.29 is 29.9 Å². The fraction of sp³-hybridized carbons (Fsp3) is 1.00. The molecule has 0 spiro atoms. The van der Waals surface area contributed by atoms with Crippen LogP contribution in [0.4, 0.5) is 0 Å². The number of hydrogen-bond acceptors (Lipinski definition) is 45. The maximum Gasteiger partial charge on any atom is 0.0701 e. The summed E-state index contributed by atoms with van der Waals surface area (Å²) in [4.78, 5) is 4.28. The molecular weight excluding hydrogens is 1840 g/mol. The molecule has 5 aliphatic rings. The monoisotopic (exact) mass is 2110 g/mol. The van der Waals surface area contributed by atoms with Crippen molar-refractivity contribution in [3.05, 3.63) is 0 Å². The van der Waals surface area contributed by atoms with Gasteiger partial charge in [0.1, 0.15) is 0 Å². The standard InChI is InChI=1S/C10H24N2O.C7H19N3.C7H17NO2.C6H18N4.C6H16N2O2.5C6H14N2.2C5H15N3.2C5H14N2.C5H13NO.C4H12N2.C3H10N2.C2H8N2/c11-7-3-1-4-8-12-9-5-2-6-10-13;8-4-2-1-3-6-10-7-5-9;9-6-3-1-2-4-8-5-7-10;7-1-4-10(5-2-8)6-3-9;7-1-3-9-5-6-10-4-2-8;7-5-1-2-6(8)4-3-5;7-5-2-1-3-6(8)4-5;3*7-5-3-1-2-4-6(5)8;1-8(4-2-6)5-3-7;6-2-1-4-8-5-3-7;1-6-4-3-5-7-2;1-2-4-7-5-3-6;6-4-2-1-3-5-7;1-6-4-2-3-5;4-2-1-3-5;3-1-2-4/h12-13H,1-11H2;10H,1-9H2;8-10H,1-7H2;1-9H2;1-8H2;5*5-6H,1-4,7-8H2;2-7H2,1H3;8H,1-7H2;6-7H,3-5H2,1-2H3;7H,2-6H2,1H3;7H,1-6H2;6H,2-5H2,1H3;1-5H2;1-4H2/t;;;;;;;5-,6+;5-,6-;;;;;;;;;/m........1........./s1. The van der Waals surface area contributed by atoms with E-state index in [4.69, 9.17) is 196 Å². The number of nitrogens with one attached hydrogen (secondary N) is 8. The van der Waals surface area contributed by atoms with Crippen LogP contribution in [-0.2, 0) is 9.47 Å². The number of hydrogen-bond donors (Lipinski definition) is 41. The molecule has 145 heavy (non-hydrogen) atoms.